The first-order valence-corrected chi connectivity index (χ1v) is 7.79. The van der Waals surface area contributed by atoms with Gasteiger partial charge in [-0.1, -0.05) is 23.8 Å². The van der Waals surface area contributed by atoms with Crippen LogP contribution in [0, 0.1) is 13.8 Å². The third-order valence-corrected chi connectivity index (χ3v) is 4.56. The summed E-state index contributed by atoms with van der Waals surface area (Å²) in [5.41, 5.74) is 6.76. The highest BCUT2D eigenvalue weighted by atomic mass is 16.5. The topological polar surface area (TPSA) is 35.1 Å². The number of nitrogens with two attached hydrogens (primary N) is 1. The Balaban J connectivity index is 2.10. The van der Waals surface area contributed by atoms with Crippen molar-refractivity contribution in [2.24, 2.45) is 0 Å². The maximum absolute atomic E-state index is 5.50. The molecule has 3 heteroatoms. The van der Waals surface area contributed by atoms with Gasteiger partial charge in [0.25, 0.3) is 0 Å². The predicted molar refractivity (Wildman–Crippen MR) is 87.8 cm³/mol. The summed E-state index contributed by atoms with van der Waals surface area (Å²) >= 11 is 0. The number of ether oxygens (including phenoxy) is 2. The fourth-order valence-electron chi connectivity index (χ4n) is 3.44. The maximum Gasteiger partial charge on any atom is 0.161 e. The lowest BCUT2D eigenvalue weighted by Crippen LogP contribution is -2.87. The van der Waals surface area contributed by atoms with Crippen molar-refractivity contribution in [1.82, 2.24) is 0 Å². The lowest BCUT2D eigenvalue weighted by molar-refractivity contribution is -0.690. The van der Waals surface area contributed by atoms with E-state index in [-0.39, 0.29) is 0 Å². The van der Waals surface area contributed by atoms with Gasteiger partial charge in [0.2, 0.25) is 0 Å². The second-order valence-corrected chi connectivity index (χ2v) is 6.02. The fraction of sp³-hybridized carbons (Fsp3) is 0.368. The van der Waals surface area contributed by atoms with Crippen LogP contribution in [0.5, 0.6) is 11.5 Å². The first-order chi connectivity index (χ1) is 10.6. The largest absolute Gasteiger partial charge is 0.493 e. The Labute approximate surface area is 132 Å². The average Bonchev–Trinajstić information content (AvgIpc) is 2.53. The molecule has 0 spiro atoms. The van der Waals surface area contributed by atoms with Gasteiger partial charge in [0.05, 0.1) is 20.8 Å². The first-order valence-electron chi connectivity index (χ1n) is 7.79. The van der Waals surface area contributed by atoms with Crippen LogP contribution in [0.2, 0.25) is 0 Å². The third kappa shape index (κ3) is 2.57. The number of hydrogen-bond donors (Lipinski definition) is 1. The van der Waals surface area contributed by atoms with Gasteiger partial charge in [-0.25, -0.2) is 0 Å². The third-order valence-electron chi connectivity index (χ3n) is 4.56. The molecule has 3 nitrogen and oxygen atoms in total. The zero-order chi connectivity index (χ0) is 15.7. The summed E-state index contributed by atoms with van der Waals surface area (Å²) in [4.78, 5) is 0. The standard InChI is InChI=1S/C19H23NO2/c1-12-5-6-15(13(2)9-12)19-16-11-18(22-4)17(21-3)10-14(16)7-8-20-19/h5-6,9-11,19-20H,7-8H2,1-4H3/p+1/t19-/m1/s1. The van der Waals surface area contributed by atoms with E-state index in [1.165, 1.54) is 27.8 Å². The van der Waals surface area contributed by atoms with E-state index < -0.39 is 0 Å². The molecule has 0 radical (unpaired) electrons. The van der Waals surface area contributed by atoms with E-state index in [0.717, 1.165) is 24.5 Å². The number of quaternary nitrogens is 1. The molecule has 0 saturated carbocycles. The van der Waals surface area contributed by atoms with Crippen LogP contribution in [-0.4, -0.2) is 20.8 Å². The minimum Gasteiger partial charge on any atom is -0.493 e. The van der Waals surface area contributed by atoms with E-state index in [4.69, 9.17) is 9.47 Å². The van der Waals surface area contributed by atoms with Gasteiger partial charge < -0.3 is 14.8 Å². The average molecular weight is 298 g/mol. The molecule has 0 bridgehead atoms. The molecule has 0 aliphatic carbocycles. The molecule has 2 aromatic rings. The van der Waals surface area contributed by atoms with Crippen molar-refractivity contribution in [3.63, 3.8) is 0 Å². The smallest absolute Gasteiger partial charge is 0.161 e. The number of rotatable bonds is 3. The maximum atomic E-state index is 5.50. The Hall–Kier alpha value is -2.00. The molecule has 1 heterocycles. The molecule has 22 heavy (non-hydrogen) atoms. The molecule has 0 saturated heterocycles. The van der Waals surface area contributed by atoms with Gasteiger partial charge in [-0.05, 0) is 37.1 Å². The zero-order valence-electron chi connectivity index (χ0n) is 13.8. The summed E-state index contributed by atoms with van der Waals surface area (Å²) < 4.78 is 10.9. The molecule has 2 aromatic carbocycles. The highest BCUT2D eigenvalue weighted by Crippen LogP contribution is 2.36. The van der Waals surface area contributed by atoms with Crippen molar-refractivity contribution in [1.29, 1.82) is 0 Å². The molecule has 2 N–H and O–H groups in total. The van der Waals surface area contributed by atoms with Crippen LogP contribution in [0.3, 0.4) is 0 Å². The molecule has 0 unspecified atom stereocenters. The highest BCUT2D eigenvalue weighted by Gasteiger charge is 2.28. The summed E-state index contributed by atoms with van der Waals surface area (Å²) in [5.74, 6) is 1.63. The lowest BCUT2D eigenvalue weighted by Gasteiger charge is -2.26. The Morgan fingerprint density at radius 3 is 2.36 bits per heavy atom. The van der Waals surface area contributed by atoms with Gasteiger partial charge in [0.15, 0.2) is 11.5 Å². The molecular formula is C19H24NO2+. The van der Waals surface area contributed by atoms with Gasteiger partial charge in [0, 0.05) is 17.5 Å². The number of aryl methyl sites for hydroxylation is 2. The molecule has 0 aromatic heterocycles. The van der Waals surface area contributed by atoms with Gasteiger partial charge in [-0.3, -0.25) is 0 Å². The second-order valence-electron chi connectivity index (χ2n) is 6.02. The van der Waals surface area contributed by atoms with Gasteiger partial charge in [-0.15, -0.1) is 0 Å². The van der Waals surface area contributed by atoms with Crippen molar-refractivity contribution in [2.45, 2.75) is 26.3 Å². The SMILES string of the molecule is COc1cc2c(cc1OC)[C@@H](c1ccc(C)cc1C)[NH2+]CC2. The zero-order valence-corrected chi connectivity index (χ0v) is 13.8. The van der Waals surface area contributed by atoms with Crippen molar-refractivity contribution < 1.29 is 14.8 Å². The normalized spacial score (nSPS) is 17.0. The van der Waals surface area contributed by atoms with Crippen molar-refractivity contribution in [3.8, 4) is 11.5 Å². The van der Waals surface area contributed by atoms with Crippen molar-refractivity contribution >= 4 is 0 Å². The van der Waals surface area contributed by atoms with E-state index in [2.05, 4.69) is 49.5 Å². The highest BCUT2D eigenvalue weighted by molar-refractivity contribution is 5.51. The first kappa shape index (κ1) is 14.9. The molecule has 0 fully saturated rings. The summed E-state index contributed by atoms with van der Waals surface area (Å²) in [6, 6.07) is 11.3. The second kappa shape index (κ2) is 6.01. The molecule has 0 amide bonds. The van der Waals surface area contributed by atoms with E-state index in [1.54, 1.807) is 14.2 Å². The minimum absolute atomic E-state index is 0.337. The molecule has 116 valence electrons. The van der Waals surface area contributed by atoms with E-state index in [1.807, 2.05) is 0 Å². The van der Waals surface area contributed by atoms with Crippen molar-refractivity contribution in [3.05, 3.63) is 58.1 Å². The van der Waals surface area contributed by atoms with Crippen LogP contribution in [0.4, 0.5) is 0 Å². The van der Waals surface area contributed by atoms with Crippen LogP contribution >= 0.6 is 0 Å². The van der Waals surface area contributed by atoms with Crippen LogP contribution in [0.25, 0.3) is 0 Å². The molecule has 1 aliphatic heterocycles. The Kier molecular flexibility index (Phi) is 4.08. The molecule has 1 aliphatic rings. The Morgan fingerprint density at radius 2 is 1.68 bits per heavy atom. The summed E-state index contributed by atoms with van der Waals surface area (Å²) in [6.45, 7) is 5.44. The number of hydrogen-bond acceptors (Lipinski definition) is 2. The van der Waals surface area contributed by atoms with E-state index in [9.17, 15) is 0 Å². The van der Waals surface area contributed by atoms with Gasteiger partial charge in [0.1, 0.15) is 6.04 Å². The number of methoxy groups -OCH3 is 2. The summed E-state index contributed by atoms with van der Waals surface area (Å²) in [7, 11) is 3.39. The molecular weight excluding hydrogens is 274 g/mol. The van der Waals surface area contributed by atoms with Crippen LogP contribution in [0.1, 0.15) is 33.9 Å². The van der Waals surface area contributed by atoms with Crippen molar-refractivity contribution in [2.75, 3.05) is 20.8 Å². The van der Waals surface area contributed by atoms with E-state index in [0.29, 0.717) is 6.04 Å². The molecule has 1 atom stereocenters. The van der Waals surface area contributed by atoms with Gasteiger partial charge in [-0.2, -0.15) is 0 Å². The number of benzene rings is 2. The predicted octanol–water partition coefficient (Wildman–Crippen LogP) is 2.53. The quantitative estimate of drug-likeness (QED) is 0.945. The van der Waals surface area contributed by atoms with Crippen LogP contribution in [0.15, 0.2) is 30.3 Å². The van der Waals surface area contributed by atoms with Crippen LogP contribution < -0.4 is 14.8 Å². The number of fused-ring (bicyclic) bond motifs is 1. The monoisotopic (exact) mass is 298 g/mol. The fourth-order valence-corrected chi connectivity index (χ4v) is 3.44. The molecule has 3 rings (SSSR count). The van der Waals surface area contributed by atoms with E-state index >= 15 is 0 Å². The summed E-state index contributed by atoms with van der Waals surface area (Å²) in [5, 5.41) is 2.42. The Bertz CT molecular complexity index is 694. The Morgan fingerprint density at radius 1 is 0.955 bits per heavy atom. The minimum atomic E-state index is 0.337. The van der Waals surface area contributed by atoms with Gasteiger partial charge >= 0.3 is 0 Å². The summed E-state index contributed by atoms with van der Waals surface area (Å²) in [6.07, 6.45) is 1.07. The van der Waals surface area contributed by atoms with Crippen LogP contribution in [-0.2, 0) is 6.42 Å². The lowest BCUT2D eigenvalue weighted by atomic mass is 9.87.